The lowest BCUT2D eigenvalue weighted by atomic mass is 10.1. The molecule has 94 valence electrons. The van der Waals surface area contributed by atoms with Crippen molar-refractivity contribution in [3.8, 4) is 5.75 Å². The second kappa shape index (κ2) is 6.03. The molecule has 1 aromatic carbocycles. The SMILES string of the molecule is Cc1cccc(C)c1OCCC1OCCCO1. The summed E-state index contributed by atoms with van der Waals surface area (Å²) in [4.78, 5) is 0. The number of para-hydroxylation sites is 1. The first-order chi connectivity index (χ1) is 8.27. The molecule has 3 heteroatoms. The van der Waals surface area contributed by atoms with Crippen molar-refractivity contribution in [2.24, 2.45) is 0 Å². The van der Waals surface area contributed by atoms with Crippen molar-refractivity contribution in [2.45, 2.75) is 33.0 Å². The van der Waals surface area contributed by atoms with Crippen LogP contribution in [0.4, 0.5) is 0 Å². The highest BCUT2D eigenvalue weighted by atomic mass is 16.7. The lowest BCUT2D eigenvalue weighted by Gasteiger charge is -2.23. The smallest absolute Gasteiger partial charge is 0.160 e. The van der Waals surface area contributed by atoms with Crippen LogP contribution >= 0.6 is 0 Å². The fraction of sp³-hybridized carbons (Fsp3) is 0.571. The lowest BCUT2D eigenvalue weighted by Crippen LogP contribution is -2.26. The van der Waals surface area contributed by atoms with Gasteiger partial charge < -0.3 is 14.2 Å². The summed E-state index contributed by atoms with van der Waals surface area (Å²) >= 11 is 0. The summed E-state index contributed by atoms with van der Waals surface area (Å²) in [6.07, 6.45) is 1.69. The van der Waals surface area contributed by atoms with Crippen molar-refractivity contribution in [1.82, 2.24) is 0 Å². The van der Waals surface area contributed by atoms with Gasteiger partial charge in [-0.05, 0) is 31.4 Å². The van der Waals surface area contributed by atoms with Crippen LogP contribution in [0, 0.1) is 13.8 Å². The van der Waals surface area contributed by atoms with Crippen LogP contribution in [-0.4, -0.2) is 26.1 Å². The highest BCUT2D eigenvalue weighted by Gasteiger charge is 2.14. The van der Waals surface area contributed by atoms with Crippen molar-refractivity contribution in [3.05, 3.63) is 29.3 Å². The third-order valence-electron chi connectivity index (χ3n) is 2.90. The average molecular weight is 236 g/mol. The van der Waals surface area contributed by atoms with E-state index >= 15 is 0 Å². The van der Waals surface area contributed by atoms with Gasteiger partial charge in [-0.2, -0.15) is 0 Å². The van der Waals surface area contributed by atoms with Gasteiger partial charge in [0.2, 0.25) is 0 Å². The van der Waals surface area contributed by atoms with Crippen LogP contribution in [0.25, 0.3) is 0 Å². The summed E-state index contributed by atoms with van der Waals surface area (Å²) in [5.74, 6) is 0.989. The maximum Gasteiger partial charge on any atom is 0.160 e. The van der Waals surface area contributed by atoms with Gasteiger partial charge in [-0.3, -0.25) is 0 Å². The molecule has 3 nitrogen and oxygen atoms in total. The first kappa shape index (κ1) is 12.4. The number of hydrogen-bond donors (Lipinski definition) is 0. The van der Waals surface area contributed by atoms with E-state index < -0.39 is 0 Å². The zero-order chi connectivity index (χ0) is 12.1. The molecule has 0 bridgehead atoms. The highest BCUT2D eigenvalue weighted by molar-refractivity contribution is 5.39. The number of ether oxygens (including phenoxy) is 3. The molecule has 1 aliphatic rings. The van der Waals surface area contributed by atoms with Crippen LogP contribution in [0.1, 0.15) is 24.0 Å². The van der Waals surface area contributed by atoms with Gasteiger partial charge in [0.25, 0.3) is 0 Å². The second-order valence-corrected chi connectivity index (χ2v) is 4.38. The van der Waals surface area contributed by atoms with Crippen LogP contribution in [0.5, 0.6) is 5.75 Å². The monoisotopic (exact) mass is 236 g/mol. The Bertz CT molecular complexity index is 336. The van der Waals surface area contributed by atoms with E-state index in [4.69, 9.17) is 14.2 Å². The zero-order valence-electron chi connectivity index (χ0n) is 10.6. The van der Waals surface area contributed by atoms with Crippen molar-refractivity contribution in [3.63, 3.8) is 0 Å². The van der Waals surface area contributed by atoms with E-state index in [1.165, 1.54) is 11.1 Å². The Morgan fingerprint density at radius 2 is 1.82 bits per heavy atom. The van der Waals surface area contributed by atoms with E-state index in [9.17, 15) is 0 Å². The molecule has 1 fully saturated rings. The molecule has 0 unspecified atom stereocenters. The van der Waals surface area contributed by atoms with Gasteiger partial charge in [0, 0.05) is 6.42 Å². The van der Waals surface area contributed by atoms with Gasteiger partial charge in [-0.15, -0.1) is 0 Å². The summed E-state index contributed by atoms with van der Waals surface area (Å²) in [6.45, 7) is 6.37. The Balaban J connectivity index is 1.81. The molecular formula is C14H20O3. The molecule has 1 saturated heterocycles. The predicted molar refractivity (Wildman–Crippen MR) is 66.3 cm³/mol. The minimum Gasteiger partial charge on any atom is -0.493 e. The first-order valence-electron chi connectivity index (χ1n) is 6.19. The number of rotatable bonds is 4. The molecule has 0 atom stereocenters. The summed E-state index contributed by atoms with van der Waals surface area (Å²) in [6, 6.07) is 6.18. The molecule has 0 spiro atoms. The molecule has 1 aliphatic heterocycles. The molecule has 1 heterocycles. The van der Waals surface area contributed by atoms with Crippen LogP contribution < -0.4 is 4.74 Å². The van der Waals surface area contributed by atoms with Crippen LogP contribution in [0.3, 0.4) is 0 Å². The van der Waals surface area contributed by atoms with E-state index in [2.05, 4.69) is 26.0 Å². The minimum absolute atomic E-state index is 0.0897. The molecular weight excluding hydrogens is 216 g/mol. The minimum atomic E-state index is -0.0897. The molecule has 0 radical (unpaired) electrons. The fourth-order valence-electron chi connectivity index (χ4n) is 1.99. The maximum absolute atomic E-state index is 5.81. The van der Waals surface area contributed by atoms with Gasteiger partial charge in [-0.25, -0.2) is 0 Å². The van der Waals surface area contributed by atoms with Crippen LogP contribution in [0.2, 0.25) is 0 Å². The molecule has 0 aliphatic carbocycles. The van der Waals surface area contributed by atoms with Crippen molar-refractivity contribution in [1.29, 1.82) is 0 Å². The van der Waals surface area contributed by atoms with Gasteiger partial charge >= 0.3 is 0 Å². The Labute approximate surface area is 103 Å². The Morgan fingerprint density at radius 3 is 2.47 bits per heavy atom. The molecule has 2 rings (SSSR count). The standard InChI is InChI=1S/C14H20O3/c1-11-5-3-6-12(2)14(11)17-10-7-13-15-8-4-9-16-13/h3,5-6,13H,4,7-10H2,1-2H3. The lowest BCUT2D eigenvalue weighted by molar-refractivity contribution is -0.183. The van der Waals surface area contributed by atoms with Gasteiger partial charge in [0.15, 0.2) is 6.29 Å². The van der Waals surface area contributed by atoms with E-state index in [0.717, 1.165) is 31.8 Å². The predicted octanol–water partition coefficient (Wildman–Crippen LogP) is 2.84. The molecule has 0 N–H and O–H groups in total. The Morgan fingerprint density at radius 1 is 1.18 bits per heavy atom. The molecule has 0 amide bonds. The zero-order valence-corrected chi connectivity index (χ0v) is 10.6. The highest BCUT2D eigenvalue weighted by Crippen LogP contribution is 2.22. The molecule has 0 aromatic heterocycles. The fourth-order valence-corrected chi connectivity index (χ4v) is 1.99. The Hall–Kier alpha value is -1.06. The van der Waals surface area contributed by atoms with E-state index in [0.29, 0.717) is 6.61 Å². The van der Waals surface area contributed by atoms with Gasteiger partial charge in [0.1, 0.15) is 5.75 Å². The third kappa shape index (κ3) is 3.45. The normalized spacial score (nSPS) is 17.1. The maximum atomic E-state index is 5.81. The summed E-state index contributed by atoms with van der Waals surface area (Å²) in [5, 5.41) is 0. The second-order valence-electron chi connectivity index (χ2n) is 4.38. The van der Waals surface area contributed by atoms with Crippen molar-refractivity contribution >= 4 is 0 Å². The van der Waals surface area contributed by atoms with E-state index in [1.54, 1.807) is 0 Å². The van der Waals surface area contributed by atoms with Gasteiger partial charge in [0.05, 0.1) is 19.8 Å². The quantitative estimate of drug-likeness (QED) is 0.804. The largest absolute Gasteiger partial charge is 0.493 e. The molecule has 1 aromatic rings. The van der Waals surface area contributed by atoms with Crippen LogP contribution in [0.15, 0.2) is 18.2 Å². The Kier molecular flexibility index (Phi) is 4.40. The molecule has 0 saturated carbocycles. The van der Waals surface area contributed by atoms with Gasteiger partial charge in [-0.1, -0.05) is 18.2 Å². The van der Waals surface area contributed by atoms with E-state index in [1.807, 2.05) is 6.07 Å². The summed E-state index contributed by atoms with van der Waals surface area (Å²) < 4.78 is 16.8. The number of hydrogen-bond acceptors (Lipinski definition) is 3. The summed E-state index contributed by atoms with van der Waals surface area (Å²) in [7, 11) is 0. The van der Waals surface area contributed by atoms with Crippen molar-refractivity contribution < 1.29 is 14.2 Å². The number of aryl methyl sites for hydroxylation is 2. The third-order valence-corrected chi connectivity index (χ3v) is 2.90. The van der Waals surface area contributed by atoms with Crippen LogP contribution in [-0.2, 0) is 9.47 Å². The van der Waals surface area contributed by atoms with E-state index in [-0.39, 0.29) is 6.29 Å². The topological polar surface area (TPSA) is 27.7 Å². The van der Waals surface area contributed by atoms with Crippen molar-refractivity contribution in [2.75, 3.05) is 19.8 Å². The molecule has 17 heavy (non-hydrogen) atoms. The number of benzene rings is 1. The first-order valence-corrected chi connectivity index (χ1v) is 6.19. The average Bonchev–Trinajstić information content (AvgIpc) is 2.34. The summed E-state index contributed by atoms with van der Waals surface area (Å²) in [5.41, 5.74) is 2.35.